The summed E-state index contributed by atoms with van der Waals surface area (Å²) in [7, 11) is -3.79. The second-order valence-electron chi connectivity index (χ2n) is 6.26. The summed E-state index contributed by atoms with van der Waals surface area (Å²) in [5.41, 5.74) is 0.477. The van der Waals surface area contributed by atoms with Gasteiger partial charge in [0.05, 0.1) is 15.5 Å². The minimum Gasteiger partial charge on any atom is -0.322 e. The first kappa shape index (κ1) is 21.0. The number of amides is 1. The van der Waals surface area contributed by atoms with Gasteiger partial charge in [0.15, 0.2) is 0 Å². The summed E-state index contributed by atoms with van der Waals surface area (Å²) in [4.78, 5) is 23.0. The molecule has 0 atom stereocenters. The normalized spacial score (nSPS) is 11.0. The number of anilines is 2. The number of nitro groups is 1. The Balaban J connectivity index is 1.83. The third kappa shape index (κ3) is 4.31. The predicted octanol–water partition coefficient (Wildman–Crippen LogP) is 4.06. The molecule has 0 aliphatic rings. The van der Waals surface area contributed by atoms with Gasteiger partial charge in [0.1, 0.15) is 5.56 Å². The number of para-hydroxylation sites is 2. The Labute approximate surface area is 174 Å². The number of rotatable bonds is 7. The molecular weight excluding hydrogens is 406 g/mol. The molecule has 0 radical (unpaired) electrons. The number of hydrogen-bond donors (Lipinski definition) is 1. The van der Waals surface area contributed by atoms with E-state index >= 15 is 0 Å². The number of nitrogens with one attached hydrogen (secondary N) is 1. The maximum absolute atomic E-state index is 13.0. The van der Waals surface area contributed by atoms with Crippen LogP contribution in [0, 0.1) is 10.1 Å². The Hall–Kier alpha value is -3.72. The molecule has 1 amide bonds. The lowest BCUT2D eigenvalue weighted by Gasteiger charge is -2.23. The molecule has 0 saturated carbocycles. The van der Waals surface area contributed by atoms with Gasteiger partial charge in [-0.25, -0.2) is 8.42 Å². The molecule has 3 aromatic carbocycles. The van der Waals surface area contributed by atoms with E-state index in [1.54, 1.807) is 37.3 Å². The second kappa shape index (κ2) is 8.75. The SMILES string of the molecule is CCN(c1ccccc1)S(=O)(=O)c1ccc(NC(=O)c2ccccc2[N+](=O)[O-])cc1. The lowest BCUT2D eigenvalue weighted by atomic mass is 10.1. The quantitative estimate of drug-likeness (QED) is 0.453. The van der Waals surface area contributed by atoms with Crippen LogP contribution < -0.4 is 9.62 Å². The average molecular weight is 425 g/mol. The fourth-order valence-electron chi connectivity index (χ4n) is 2.95. The number of carbonyl (C=O) groups excluding carboxylic acids is 1. The minimum absolute atomic E-state index is 0.0666. The lowest BCUT2D eigenvalue weighted by Crippen LogP contribution is -2.30. The van der Waals surface area contributed by atoms with Crippen molar-refractivity contribution in [3.8, 4) is 0 Å². The standard InChI is InChI=1S/C21H19N3O5S/c1-2-23(17-8-4-3-5-9-17)30(28,29)18-14-12-16(13-15-18)22-21(25)19-10-6-7-11-20(19)24(26)27/h3-15H,2H2,1H3,(H,22,25). The highest BCUT2D eigenvalue weighted by Gasteiger charge is 2.24. The summed E-state index contributed by atoms with van der Waals surface area (Å²) in [5, 5.41) is 13.7. The molecule has 0 heterocycles. The van der Waals surface area contributed by atoms with Gasteiger partial charge in [-0.2, -0.15) is 0 Å². The molecule has 0 unspecified atom stereocenters. The van der Waals surface area contributed by atoms with Gasteiger partial charge in [0.25, 0.3) is 21.6 Å². The summed E-state index contributed by atoms with van der Waals surface area (Å²) in [5.74, 6) is -0.655. The van der Waals surface area contributed by atoms with Crippen molar-refractivity contribution in [1.29, 1.82) is 0 Å². The fourth-order valence-corrected chi connectivity index (χ4v) is 4.42. The van der Waals surface area contributed by atoms with Crippen LogP contribution >= 0.6 is 0 Å². The molecule has 0 aromatic heterocycles. The highest BCUT2D eigenvalue weighted by molar-refractivity contribution is 7.92. The van der Waals surface area contributed by atoms with Gasteiger partial charge >= 0.3 is 0 Å². The van der Waals surface area contributed by atoms with E-state index in [1.165, 1.54) is 52.8 Å². The van der Waals surface area contributed by atoms with Crippen molar-refractivity contribution < 1.29 is 18.1 Å². The van der Waals surface area contributed by atoms with Crippen LogP contribution in [0.3, 0.4) is 0 Å². The van der Waals surface area contributed by atoms with Crippen molar-refractivity contribution in [2.75, 3.05) is 16.2 Å². The van der Waals surface area contributed by atoms with Crippen LogP contribution in [0.4, 0.5) is 17.1 Å². The van der Waals surface area contributed by atoms with Gasteiger partial charge in [-0.05, 0) is 49.4 Å². The maximum Gasteiger partial charge on any atom is 0.282 e. The molecule has 0 spiro atoms. The molecular formula is C21H19N3O5S. The second-order valence-corrected chi connectivity index (χ2v) is 8.12. The number of benzene rings is 3. The van der Waals surface area contributed by atoms with E-state index < -0.39 is 20.9 Å². The van der Waals surface area contributed by atoms with Crippen LogP contribution in [-0.2, 0) is 10.0 Å². The zero-order chi connectivity index (χ0) is 21.7. The smallest absolute Gasteiger partial charge is 0.282 e. The van der Waals surface area contributed by atoms with Crippen LogP contribution in [0.2, 0.25) is 0 Å². The monoisotopic (exact) mass is 425 g/mol. The van der Waals surface area contributed by atoms with Crippen LogP contribution in [0.25, 0.3) is 0 Å². The molecule has 3 aromatic rings. The maximum atomic E-state index is 13.0. The zero-order valence-corrected chi connectivity index (χ0v) is 16.9. The highest BCUT2D eigenvalue weighted by Crippen LogP contribution is 2.25. The van der Waals surface area contributed by atoms with E-state index in [0.717, 1.165) is 0 Å². The molecule has 0 saturated heterocycles. The Morgan fingerprint density at radius 1 is 0.967 bits per heavy atom. The number of carbonyl (C=O) groups is 1. The first-order valence-corrected chi connectivity index (χ1v) is 10.5. The lowest BCUT2D eigenvalue weighted by molar-refractivity contribution is -0.385. The molecule has 0 bridgehead atoms. The van der Waals surface area contributed by atoms with E-state index in [1.807, 2.05) is 0 Å². The van der Waals surface area contributed by atoms with E-state index in [4.69, 9.17) is 0 Å². The highest BCUT2D eigenvalue weighted by atomic mass is 32.2. The number of nitrogens with zero attached hydrogens (tertiary/aromatic N) is 2. The van der Waals surface area contributed by atoms with Crippen molar-refractivity contribution in [2.24, 2.45) is 0 Å². The van der Waals surface area contributed by atoms with Crippen molar-refractivity contribution in [3.05, 3.63) is 94.5 Å². The first-order chi connectivity index (χ1) is 14.3. The Morgan fingerprint density at radius 2 is 1.57 bits per heavy atom. The van der Waals surface area contributed by atoms with Crippen LogP contribution in [0.5, 0.6) is 0 Å². The van der Waals surface area contributed by atoms with Gasteiger partial charge in [-0.15, -0.1) is 0 Å². The molecule has 0 fully saturated rings. The van der Waals surface area contributed by atoms with Crippen LogP contribution in [-0.4, -0.2) is 25.8 Å². The summed E-state index contributed by atoms with van der Waals surface area (Å²) < 4.78 is 27.3. The van der Waals surface area contributed by atoms with E-state index in [2.05, 4.69) is 5.32 Å². The summed E-state index contributed by atoms with van der Waals surface area (Å²) in [6, 6.07) is 20.0. The molecule has 8 nitrogen and oxygen atoms in total. The number of sulfonamides is 1. The molecule has 1 N–H and O–H groups in total. The molecule has 3 rings (SSSR count). The molecule has 154 valence electrons. The number of nitro benzene ring substituents is 1. The third-order valence-corrected chi connectivity index (χ3v) is 6.29. The van der Waals surface area contributed by atoms with Crippen LogP contribution in [0.1, 0.15) is 17.3 Å². The Morgan fingerprint density at radius 3 is 2.17 bits per heavy atom. The minimum atomic E-state index is -3.79. The molecule has 0 aliphatic carbocycles. The van der Waals surface area contributed by atoms with Crippen molar-refractivity contribution in [3.63, 3.8) is 0 Å². The van der Waals surface area contributed by atoms with Crippen molar-refractivity contribution in [1.82, 2.24) is 0 Å². The summed E-state index contributed by atoms with van der Waals surface area (Å²) in [6.45, 7) is 1.99. The van der Waals surface area contributed by atoms with E-state index in [-0.39, 0.29) is 22.7 Å². The summed E-state index contributed by atoms with van der Waals surface area (Å²) >= 11 is 0. The van der Waals surface area contributed by atoms with E-state index in [0.29, 0.717) is 11.4 Å². The van der Waals surface area contributed by atoms with E-state index in [9.17, 15) is 23.3 Å². The third-order valence-electron chi connectivity index (χ3n) is 4.38. The average Bonchev–Trinajstić information content (AvgIpc) is 2.75. The van der Waals surface area contributed by atoms with Gasteiger partial charge in [0, 0.05) is 18.3 Å². The topological polar surface area (TPSA) is 110 Å². The molecule has 30 heavy (non-hydrogen) atoms. The first-order valence-electron chi connectivity index (χ1n) is 9.07. The number of hydrogen-bond acceptors (Lipinski definition) is 5. The van der Waals surface area contributed by atoms with Crippen molar-refractivity contribution >= 4 is 33.0 Å². The van der Waals surface area contributed by atoms with Gasteiger partial charge in [0.2, 0.25) is 0 Å². The fraction of sp³-hybridized carbons (Fsp3) is 0.0952. The Kier molecular flexibility index (Phi) is 6.12. The molecule has 9 heteroatoms. The zero-order valence-electron chi connectivity index (χ0n) is 16.1. The van der Waals surface area contributed by atoms with Crippen molar-refractivity contribution in [2.45, 2.75) is 11.8 Å². The predicted molar refractivity (Wildman–Crippen MR) is 114 cm³/mol. The van der Waals surface area contributed by atoms with Gasteiger partial charge in [-0.1, -0.05) is 30.3 Å². The van der Waals surface area contributed by atoms with Crippen LogP contribution in [0.15, 0.2) is 83.8 Å². The summed E-state index contributed by atoms with van der Waals surface area (Å²) in [6.07, 6.45) is 0. The van der Waals surface area contributed by atoms with Gasteiger partial charge in [-0.3, -0.25) is 19.2 Å². The van der Waals surface area contributed by atoms with Gasteiger partial charge < -0.3 is 5.32 Å². The largest absolute Gasteiger partial charge is 0.322 e. The molecule has 0 aliphatic heterocycles. The Bertz CT molecular complexity index is 1160.